The summed E-state index contributed by atoms with van der Waals surface area (Å²) in [6.07, 6.45) is 9.31. The third-order valence-corrected chi connectivity index (χ3v) is 4.16. The average Bonchev–Trinajstić information content (AvgIpc) is 2.57. The van der Waals surface area contributed by atoms with Crippen molar-refractivity contribution in [2.45, 2.75) is 51.4 Å². The quantitative estimate of drug-likeness (QED) is 0.728. The highest BCUT2D eigenvalue weighted by molar-refractivity contribution is 5.66. The van der Waals surface area contributed by atoms with E-state index in [1.807, 2.05) is 0 Å². The number of rotatable bonds is 3. The van der Waals surface area contributed by atoms with E-state index in [9.17, 15) is 4.79 Å². The summed E-state index contributed by atoms with van der Waals surface area (Å²) in [6.45, 7) is 0. The molecule has 2 rings (SSSR count). The molecular weight excluding hydrogens is 164 g/mol. The summed E-state index contributed by atoms with van der Waals surface area (Å²) in [6, 6.07) is 0. The van der Waals surface area contributed by atoms with Gasteiger partial charge in [0, 0.05) is 6.42 Å². The Labute approximate surface area is 79.3 Å². The smallest absolute Gasteiger partial charge is 0.303 e. The van der Waals surface area contributed by atoms with E-state index in [0.717, 1.165) is 12.3 Å². The zero-order chi connectivity index (χ0) is 9.31. The minimum Gasteiger partial charge on any atom is -0.481 e. The fourth-order valence-electron chi connectivity index (χ4n) is 3.50. The molecule has 0 aromatic rings. The van der Waals surface area contributed by atoms with Gasteiger partial charge in [0.15, 0.2) is 0 Å². The SMILES string of the molecule is O=C(O)CCC12CCCC1CCC2. The molecule has 74 valence electrons. The predicted octanol–water partition coefficient (Wildman–Crippen LogP) is 2.82. The molecule has 0 bridgehead atoms. The van der Waals surface area contributed by atoms with Gasteiger partial charge in [0.05, 0.1) is 0 Å². The van der Waals surface area contributed by atoms with E-state index < -0.39 is 5.97 Å². The van der Waals surface area contributed by atoms with Crippen LogP contribution in [0.15, 0.2) is 0 Å². The highest BCUT2D eigenvalue weighted by Gasteiger charge is 2.45. The summed E-state index contributed by atoms with van der Waals surface area (Å²) < 4.78 is 0. The average molecular weight is 182 g/mol. The number of hydrogen-bond donors (Lipinski definition) is 1. The molecule has 0 unspecified atom stereocenters. The van der Waals surface area contributed by atoms with Crippen LogP contribution in [-0.4, -0.2) is 11.1 Å². The fourth-order valence-corrected chi connectivity index (χ4v) is 3.50. The first-order valence-corrected chi connectivity index (χ1v) is 5.45. The topological polar surface area (TPSA) is 37.3 Å². The molecule has 2 nitrogen and oxygen atoms in total. The van der Waals surface area contributed by atoms with Gasteiger partial charge in [0.2, 0.25) is 0 Å². The van der Waals surface area contributed by atoms with Crippen molar-refractivity contribution in [2.75, 3.05) is 0 Å². The first-order valence-electron chi connectivity index (χ1n) is 5.45. The molecule has 0 atom stereocenters. The van der Waals surface area contributed by atoms with Gasteiger partial charge in [-0.05, 0) is 43.4 Å². The molecule has 0 radical (unpaired) electrons. The highest BCUT2D eigenvalue weighted by atomic mass is 16.4. The standard InChI is InChI=1S/C11H18O2/c12-10(13)5-8-11-6-1-3-9(11)4-2-7-11/h9H,1-8H2,(H,12,13). The molecular formula is C11H18O2. The van der Waals surface area contributed by atoms with Crippen LogP contribution in [0, 0.1) is 11.3 Å². The molecule has 0 aliphatic heterocycles. The van der Waals surface area contributed by atoms with Crippen molar-refractivity contribution in [2.24, 2.45) is 11.3 Å². The van der Waals surface area contributed by atoms with Crippen molar-refractivity contribution in [3.63, 3.8) is 0 Å². The van der Waals surface area contributed by atoms with Crippen LogP contribution >= 0.6 is 0 Å². The Kier molecular flexibility index (Phi) is 2.31. The molecule has 0 spiro atoms. The van der Waals surface area contributed by atoms with Gasteiger partial charge in [0.25, 0.3) is 0 Å². The molecule has 0 heterocycles. The van der Waals surface area contributed by atoms with Crippen LogP contribution in [0.2, 0.25) is 0 Å². The van der Waals surface area contributed by atoms with Crippen LogP contribution in [-0.2, 0) is 4.79 Å². The molecule has 2 fully saturated rings. The monoisotopic (exact) mass is 182 g/mol. The summed E-state index contributed by atoms with van der Waals surface area (Å²) in [5, 5.41) is 8.69. The van der Waals surface area contributed by atoms with Crippen molar-refractivity contribution in [1.29, 1.82) is 0 Å². The second-order valence-electron chi connectivity index (χ2n) is 4.74. The summed E-state index contributed by atoms with van der Waals surface area (Å²) in [5.74, 6) is 0.249. The molecule has 0 aromatic heterocycles. The molecule has 2 aliphatic rings. The lowest BCUT2D eigenvalue weighted by molar-refractivity contribution is -0.137. The maximum Gasteiger partial charge on any atom is 0.303 e. The van der Waals surface area contributed by atoms with Gasteiger partial charge in [-0.2, -0.15) is 0 Å². The zero-order valence-electron chi connectivity index (χ0n) is 8.09. The van der Waals surface area contributed by atoms with Gasteiger partial charge < -0.3 is 5.11 Å². The number of carbonyl (C=O) groups is 1. The van der Waals surface area contributed by atoms with Crippen LogP contribution < -0.4 is 0 Å². The second kappa shape index (κ2) is 3.32. The minimum atomic E-state index is -0.619. The highest BCUT2D eigenvalue weighted by Crippen LogP contribution is 2.56. The van der Waals surface area contributed by atoms with Crippen LogP contribution in [0.5, 0.6) is 0 Å². The van der Waals surface area contributed by atoms with E-state index >= 15 is 0 Å². The van der Waals surface area contributed by atoms with Crippen molar-refractivity contribution >= 4 is 5.97 Å². The molecule has 2 aliphatic carbocycles. The van der Waals surface area contributed by atoms with E-state index in [2.05, 4.69) is 0 Å². The normalized spacial score (nSPS) is 37.7. The maximum atomic E-state index is 10.5. The molecule has 1 N–H and O–H groups in total. The molecule has 2 saturated carbocycles. The largest absolute Gasteiger partial charge is 0.481 e. The van der Waals surface area contributed by atoms with Crippen LogP contribution in [0.25, 0.3) is 0 Å². The van der Waals surface area contributed by atoms with E-state index in [1.54, 1.807) is 0 Å². The minimum absolute atomic E-state index is 0.385. The van der Waals surface area contributed by atoms with Crippen LogP contribution in [0.3, 0.4) is 0 Å². The van der Waals surface area contributed by atoms with Gasteiger partial charge in [-0.25, -0.2) is 0 Å². The fraction of sp³-hybridized carbons (Fsp3) is 0.909. The molecule has 0 saturated heterocycles. The lowest BCUT2D eigenvalue weighted by Gasteiger charge is -2.28. The zero-order valence-corrected chi connectivity index (χ0v) is 8.09. The second-order valence-corrected chi connectivity index (χ2v) is 4.74. The van der Waals surface area contributed by atoms with E-state index in [0.29, 0.717) is 11.8 Å². The Morgan fingerprint density at radius 2 is 1.92 bits per heavy atom. The molecule has 0 aromatic carbocycles. The van der Waals surface area contributed by atoms with Gasteiger partial charge in [0.1, 0.15) is 0 Å². The number of carboxylic acids is 1. The van der Waals surface area contributed by atoms with Crippen LogP contribution in [0.1, 0.15) is 51.4 Å². The van der Waals surface area contributed by atoms with Gasteiger partial charge in [-0.15, -0.1) is 0 Å². The summed E-state index contributed by atoms with van der Waals surface area (Å²) in [4.78, 5) is 10.5. The van der Waals surface area contributed by atoms with E-state index in [4.69, 9.17) is 5.11 Å². The Balaban J connectivity index is 1.97. The lowest BCUT2D eigenvalue weighted by Crippen LogP contribution is -2.20. The summed E-state index contributed by atoms with van der Waals surface area (Å²) in [5.41, 5.74) is 0.457. The van der Waals surface area contributed by atoms with E-state index in [-0.39, 0.29) is 0 Å². The number of hydrogen-bond acceptors (Lipinski definition) is 1. The third-order valence-electron chi connectivity index (χ3n) is 4.16. The Morgan fingerprint density at radius 3 is 2.46 bits per heavy atom. The molecule has 13 heavy (non-hydrogen) atoms. The van der Waals surface area contributed by atoms with Crippen molar-refractivity contribution in [3.8, 4) is 0 Å². The van der Waals surface area contributed by atoms with Gasteiger partial charge in [-0.3, -0.25) is 4.79 Å². The Morgan fingerprint density at radius 1 is 1.31 bits per heavy atom. The van der Waals surface area contributed by atoms with Crippen molar-refractivity contribution < 1.29 is 9.90 Å². The molecule has 2 heteroatoms. The third kappa shape index (κ3) is 1.59. The van der Waals surface area contributed by atoms with Crippen LogP contribution in [0.4, 0.5) is 0 Å². The molecule has 0 amide bonds. The van der Waals surface area contributed by atoms with Crippen molar-refractivity contribution in [3.05, 3.63) is 0 Å². The summed E-state index contributed by atoms with van der Waals surface area (Å²) >= 11 is 0. The Bertz CT molecular complexity index is 200. The summed E-state index contributed by atoms with van der Waals surface area (Å²) in [7, 11) is 0. The predicted molar refractivity (Wildman–Crippen MR) is 50.5 cm³/mol. The number of fused-ring (bicyclic) bond motifs is 1. The van der Waals surface area contributed by atoms with Gasteiger partial charge in [-0.1, -0.05) is 12.8 Å². The van der Waals surface area contributed by atoms with Crippen molar-refractivity contribution in [1.82, 2.24) is 0 Å². The van der Waals surface area contributed by atoms with E-state index in [1.165, 1.54) is 38.5 Å². The lowest BCUT2D eigenvalue weighted by atomic mass is 9.76. The number of carboxylic acid groups (broad SMARTS) is 1. The Hall–Kier alpha value is -0.530. The maximum absolute atomic E-state index is 10.5. The number of aliphatic carboxylic acids is 1. The van der Waals surface area contributed by atoms with Gasteiger partial charge >= 0.3 is 5.97 Å². The first-order chi connectivity index (χ1) is 6.23. The first kappa shape index (κ1) is 9.04.